The highest BCUT2D eigenvalue weighted by molar-refractivity contribution is 6.10. The molecule has 0 aromatic rings. The van der Waals surface area contributed by atoms with Gasteiger partial charge in [-0.05, 0) is 12.8 Å². The first-order valence-electron chi connectivity index (χ1n) is 21.2. The van der Waals surface area contributed by atoms with Crippen molar-refractivity contribution in [2.75, 3.05) is 6.61 Å². The largest absolute Gasteiger partial charge is 0.463 e. The summed E-state index contributed by atoms with van der Waals surface area (Å²) in [6.07, 6.45) is 32.6. The molecule has 0 radical (unpaired) electrons. The van der Waals surface area contributed by atoms with Crippen molar-refractivity contribution in [1.82, 2.24) is 0 Å². The molecule has 1 aliphatic heterocycles. The van der Waals surface area contributed by atoms with E-state index in [4.69, 9.17) is 14.2 Å². The molecule has 1 saturated heterocycles. The van der Waals surface area contributed by atoms with E-state index < -0.39 is 48.6 Å². The molecule has 0 bridgehead atoms. The normalized spacial score (nSPS) is 16.5. The van der Waals surface area contributed by atoms with Gasteiger partial charge >= 0.3 is 17.9 Å². The molecule has 1 heterocycles. The van der Waals surface area contributed by atoms with Crippen LogP contribution in [-0.2, 0) is 33.4 Å². The molecule has 1 unspecified atom stereocenters. The minimum Gasteiger partial charge on any atom is -0.463 e. The summed E-state index contributed by atoms with van der Waals surface area (Å²) in [6, 6.07) is 0. The predicted molar refractivity (Wildman–Crippen MR) is 201 cm³/mol. The predicted octanol–water partition coefficient (Wildman–Crippen LogP) is 10.8. The number of ketones is 1. The quantitative estimate of drug-likeness (QED) is 0.0296. The van der Waals surface area contributed by atoms with Gasteiger partial charge < -0.3 is 19.3 Å². The van der Waals surface area contributed by atoms with E-state index in [0.717, 1.165) is 32.1 Å². The number of carbonyl (C=O) groups excluding carboxylic acids is 4. The molecule has 1 N–H and O–H groups in total. The summed E-state index contributed by atoms with van der Waals surface area (Å²) in [4.78, 5) is 49.3. The first-order valence-corrected chi connectivity index (χ1v) is 21.2. The molecule has 1 rings (SSSR count). The van der Waals surface area contributed by atoms with Crippen LogP contribution in [0.2, 0.25) is 0 Å². The Bertz CT molecular complexity index is 859. The zero-order valence-electron chi connectivity index (χ0n) is 32.4. The van der Waals surface area contributed by atoms with Gasteiger partial charge in [0.05, 0.1) is 0 Å². The molecule has 3 atom stereocenters. The van der Waals surface area contributed by atoms with Crippen LogP contribution in [0.1, 0.15) is 219 Å². The van der Waals surface area contributed by atoms with Gasteiger partial charge in [0.2, 0.25) is 5.78 Å². The van der Waals surface area contributed by atoms with Crippen molar-refractivity contribution >= 4 is 23.7 Å². The Labute approximate surface area is 305 Å². The second kappa shape index (κ2) is 32.9. The monoisotopic (exact) mass is 709 g/mol. The van der Waals surface area contributed by atoms with Gasteiger partial charge in [-0.15, -0.1) is 0 Å². The van der Waals surface area contributed by atoms with Crippen LogP contribution in [0.25, 0.3) is 0 Å². The van der Waals surface area contributed by atoms with Gasteiger partial charge in [0.25, 0.3) is 6.10 Å². The first kappa shape index (κ1) is 46.1. The number of hydrogen-bond acceptors (Lipinski definition) is 8. The maximum absolute atomic E-state index is 12.7. The van der Waals surface area contributed by atoms with Gasteiger partial charge in [-0.25, -0.2) is 4.79 Å². The highest BCUT2D eigenvalue weighted by atomic mass is 16.6. The summed E-state index contributed by atoms with van der Waals surface area (Å²) in [5, 5.41) is 10.4. The molecule has 8 nitrogen and oxygen atoms in total. The number of cyclic esters (lactones) is 1. The zero-order valence-corrected chi connectivity index (χ0v) is 32.4. The van der Waals surface area contributed by atoms with Crippen LogP contribution in [0.15, 0.2) is 0 Å². The molecule has 292 valence electrons. The lowest BCUT2D eigenvalue weighted by atomic mass is 10.0. The summed E-state index contributed by atoms with van der Waals surface area (Å²) < 4.78 is 15.2. The van der Waals surface area contributed by atoms with Gasteiger partial charge in [-0.2, -0.15) is 0 Å². The van der Waals surface area contributed by atoms with Crippen molar-refractivity contribution in [2.24, 2.45) is 0 Å². The van der Waals surface area contributed by atoms with E-state index in [2.05, 4.69) is 13.8 Å². The Morgan fingerprint density at radius 1 is 0.540 bits per heavy atom. The number of Topliss-reactive ketones (excluding diaryl/α,β-unsaturated/α-hetero) is 1. The smallest absolute Gasteiger partial charge is 0.356 e. The number of esters is 3. The maximum Gasteiger partial charge on any atom is 0.356 e. The Morgan fingerprint density at radius 2 is 0.860 bits per heavy atom. The molecule has 1 fully saturated rings. The van der Waals surface area contributed by atoms with Crippen molar-refractivity contribution in [3.8, 4) is 0 Å². The molecule has 0 saturated carbocycles. The fourth-order valence-corrected chi connectivity index (χ4v) is 6.69. The van der Waals surface area contributed by atoms with Crippen LogP contribution < -0.4 is 0 Å². The van der Waals surface area contributed by atoms with Gasteiger partial charge in [0, 0.05) is 12.8 Å². The van der Waals surface area contributed by atoms with Crippen LogP contribution in [0.5, 0.6) is 0 Å². The Kier molecular flexibility index (Phi) is 30.3. The number of ether oxygens (including phenoxy) is 3. The second-order valence-corrected chi connectivity index (χ2v) is 14.8. The van der Waals surface area contributed by atoms with Gasteiger partial charge in [0.1, 0.15) is 12.7 Å². The lowest BCUT2D eigenvalue weighted by Gasteiger charge is -2.15. The maximum atomic E-state index is 12.7. The van der Waals surface area contributed by atoms with Crippen LogP contribution in [0.3, 0.4) is 0 Å². The third-order valence-corrected chi connectivity index (χ3v) is 9.98. The van der Waals surface area contributed by atoms with Gasteiger partial charge in [-0.3, -0.25) is 14.4 Å². The average molecular weight is 709 g/mol. The highest BCUT2D eigenvalue weighted by Gasteiger charge is 2.49. The third kappa shape index (κ3) is 25.1. The van der Waals surface area contributed by atoms with Crippen molar-refractivity contribution in [2.45, 2.75) is 238 Å². The highest BCUT2D eigenvalue weighted by Crippen LogP contribution is 2.20. The molecular formula is C42H76O8. The molecule has 0 aromatic heterocycles. The molecule has 0 aliphatic carbocycles. The zero-order chi connectivity index (χ0) is 36.5. The molecule has 1 aliphatic rings. The summed E-state index contributed by atoms with van der Waals surface area (Å²) >= 11 is 0. The average Bonchev–Trinajstić information content (AvgIpc) is 3.39. The number of carbonyl (C=O) groups is 4. The van der Waals surface area contributed by atoms with Gasteiger partial charge in [0.15, 0.2) is 6.10 Å². The summed E-state index contributed by atoms with van der Waals surface area (Å²) in [5.41, 5.74) is 0. The lowest BCUT2D eigenvalue weighted by molar-refractivity contribution is -0.163. The van der Waals surface area contributed by atoms with E-state index in [1.807, 2.05) is 0 Å². The molecule has 0 aromatic carbocycles. The topological polar surface area (TPSA) is 116 Å². The van der Waals surface area contributed by atoms with Crippen LogP contribution in [0.4, 0.5) is 0 Å². The number of hydrogen-bond donors (Lipinski definition) is 1. The van der Waals surface area contributed by atoms with E-state index in [1.165, 1.54) is 148 Å². The molecule has 0 spiro atoms. The summed E-state index contributed by atoms with van der Waals surface area (Å²) in [5.74, 6) is -2.89. The molecular weight excluding hydrogens is 632 g/mol. The fourth-order valence-electron chi connectivity index (χ4n) is 6.69. The van der Waals surface area contributed by atoms with E-state index in [-0.39, 0.29) is 12.8 Å². The molecule has 0 amide bonds. The lowest BCUT2D eigenvalue weighted by Crippen LogP contribution is -2.39. The van der Waals surface area contributed by atoms with Crippen molar-refractivity contribution in [1.29, 1.82) is 0 Å². The Hall–Kier alpha value is -1.96. The third-order valence-electron chi connectivity index (χ3n) is 9.98. The minimum atomic E-state index is -1.67. The van der Waals surface area contributed by atoms with E-state index in [9.17, 15) is 24.3 Å². The molecule has 50 heavy (non-hydrogen) atoms. The number of aliphatic hydroxyl groups excluding tert-OH is 1. The van der Waals surface area contributed by atoms with Crippen LogP contribution >= 0.6 is 0 Å². The van der Waals surface area contributed by atoms with Crippen molar-refractivity contribution in [3.63, 3.8) is 0 Å². The van der Waals surface area contributed by atoms with Crippen molar-refractivity contribution < 1.29 is 38.5 Å². The Morgan fingerprint density at radius 3 is 1.22 bits per heavy atom. The van der Waals surface area contributed by atoms with Crippen LogP contribution in [0, 0.1) is 0 Å². The van der Waals surface area contributed by atoms with E-state index in [0.29, 0.717) is 12.8 Å². The Balaban J connectivity index is 2.01. The number of rotatable bonds is 36. The summed E-state index contributed by atoms with van der Waals surface area (Å²) in [6.45, 7) is 4.05. The van der Waals surface area contributed by atoms with Crippen molar-refractivity contribution in [3.05, 3.63) is 0 Å². The first-order chi connectivity index (χ1) is 24.4. The summed E-state index contributed by atoms with van der Waals surface area (Å²) in [7, 11) is 0. The molecule has 8 heteroatoms. The second-order valence-electron chi connectivity index (χ2n) is 14.8. The van der Waals surface area contributed by atoms with Gasteiger partial charge in [-0.1, -0.05) is 194 Å². The minimum absolute atomic E-state index is 0.124. The fraction of sp³-hybridized carbons (Fsp3) is 0.905. The number of aliphatic hydroxyl groups is 1. The van der Waals surface area contributed by atoms with E-state index in [1.54, 1.807) is 0 Å². The van der Waals surface area contributed by atoms with Crippen LogP contribution in [-0.4, -0.2) is 53.7 Å². The number of unbranched alkanes of at least 4 members (excludes halogenated alkanes) is 28. The van der Waals surface area contributed by atoms with E-state index >= 15 is 0 Å². The standard InChI is InChI=1S/C42H76O8/c1-3-5-7-9-11-13-15-17-19-21-23-25-27-29-31-33-37(44)48-35-36(43)40-39(46)41(42(47)50-40)49-38(45)34-32-30-28-26-24-22-20-18-16-14-12-10-8-6-4-2/h36,40-41,43H,3-35H2,1-2H3/t36-,40+,41?/m0/s1. The SMILES string of the molecule is CCCCCCCCCCCCCCCCCC(=O)OC[C@H](O)[C@H]1OC(=O)C(OC(=O)CCCCCCCCCCCCCCCCC)C1=O.